The maximum absolute atomic E-state index is 12.7. The standard InChI is InChI=1S/C22H27N3O3/c1-14(2)16-5-4-6-19(9-16)28-20-10-17-12-24(13-18(17)11-20)22(27)25-8-7-21(23-25)15(3)26/h4-9,14,17-18,20H,10-13H2,1-3H3/t17-,18+,20?. The molecule has 2 aliphatic rings. The van der Waals surface area contributed by atoms with Crippen LogP contribution in [0.25, 0.3) is 0 Å². The van der Waals surface area contributed by atoms with Crippen molar-refractivity contribution >= 4 is 11.8 Å². The van der Waals surface area contributed by atoms with Crippen LogP contribution in [-0.2, 0) is 0 Å². The molecule has 0 N–H and O–H groups in total. The van der Waals surface area contributed by atoms with Gasteiger partial charge in [-0.3, -0.25) is 4.79 Å². The Hall–Kier alpha value is -2.63. The number of aromatic nitrogens is 2. The molecular weight excluding hydrogens is 354 g/mol. The molecule has 1 aromatic carbocycles. The predicted molar refractivity (Wildman–Crippen MR) is 106 cm³/mol. The molecule has 1 saturated heterocycles. The predicted octanol–water partition coefficient (Wildman–Crippen LogP) is 3.97. The average Bonchev–Trinajstić information content (AvgIpc) is 3.36. The Morgan fingerprint density at radius 3 is 2.46 bits per heavy atom. The van der Waals surface area contributed by atoms with Gasteiger partial charge in [0.25, 0.3) is 0 Å². The van der Waals surface area contributed by atoms with E-state index in [-0.39, 0.29) is 17.9 Å². The van der Waals surface area contributed by atoms with Crippen LogP contribution >= 0.6 is 0 Å². The first kappa shape index (κ1) is 18.7. The molecule has 3 atom stereocenters. The molecule has 1 aliphatic heterocycles. The van der Waals surface area contributed by atoms with Gasteiger partial charge in [0.2, 0.25) is 0 Å². The van der Waals surface area contributed by atoms with E-state index in [4.69, 9.17) is 4.74 Å². The molecule has 6 nitrogen and oxygen atoms in total. The molecule has 1 aromatic heterocycles. The molecule has 0 spiro atoms. The number of ether oxygens (including phenoxy) is 1. The van der Waals surface area contributed by atoms with Crippen LogP contribution in [0.1, 0.15) is 55.6 Å². The van der Waals surface area contributed by atoms with Crippen LogP contribution in [0.15, 0.2) is 36.5 Å². The average molecular weight is 381 g/mol. The second-order valence-corrected chi connectivity index (χ2v) is 8.35. The third kappa shape index (κ3) is 3.68. The molecule has 1 unspecified atom stereocenters. The van der Waals surface area contributed by atoms with E-state index in [1.807, 2.05) is 11.0 Å². The van der Waals surface area contributed by atoms with Crippen molar-refractivity contribution in [3.8, 4) is 5.75 Å². The van der Waals surface area contributed by atoms with Gasteiger partial charge in [0.1, 0.15) is 11.4 Å². The topological polar surface area (TPSA) is 64.4 Å². The number of hydrogen-bond acceptors (Lipinski definition) is 4. The van der Waals surface area contributed by atoms with E-state index in [1.54, 1.807) is 12.3 Å². The van der Waals surface area contributed by atoms with E-state index in [0.717, 1.165) is 31.7 Å². The largest absolute Gasteiger partial charge is 0.490 e. The lowest BCUT2D eigenvalue weighted by atomic mass is 10.0. The van der Waals surface area contributed by atoms with Crippen molar-refractivity contribution in [2.45, 2.75) is 45.6 Å². The van der Waals surface area contributed by atoms with Crippen molar-refractivity contribution < 1.29 is 14.3 Å². The van der Waals surface area contributed by atoms with Gasteiger partial charge in [0.15, 0.2) is 5.78 Å². The molecule has 2 fully saturated rings. The van der Waals surface area contributed by atoms with Crippen molar-refractivity contribution in [1.29, 1.82) is 0 Å². The molecule has 2 heterocycles. The fourth-order valence-electron chi connectivity index (χ4n) is 4.40. The van der Waals surface area contributed by atoms with E-state index in [1.165, 1.54) is 17.2 Å². The normalized spacial score (nSPS) is 23.9. The number of carbonyl (C=O) groups excluding carboxylic acids is 2. The van der Waals surface area contributed by atoms with Crippen molar-refractivity contribution in [1.82, 2.24) is 14.7 Å². The zero-order valence-corrected chi connectivity index (χ0v) is 16.7. The number of hydrogen-bond donors (Lipinski definition) is 0. The van der Waals surface area contributed by atoms with Crippen LogP contribution < -0.4 is 4.74 Å². The molecule has 148 valence electrons. The van der Waals surface area contributed by atoms with Crippen molar-refractivity contribution in [2.24, 2.45) is 11.8 Å². The number of carbonyl (C=O) groups is 2. The van der Waals surface area contributed by atoms with Gasteiger partial charge >= 0.3 is 6.03 Å². The zero-order valence-electron chi connectivity index (χ0n) is 16.7. The maximum atomic E-state index is 12.7. The van der Waals surface area contributed by atoms with Crippen LogP contribution in [0.5, 0.6) is 5.75 Å². The Labute approximate surface area is 165 Å². The van der Waals surface area contributed by atoms with Gasteiger partial charge in [-0.2, -0.15) is 9.78 Å². The minimum atomic E-state index is -0.149. The summed E-state index contributed by atoms with van der Waals surface area (Å²) in [6, 6.07) is 9.80. The minimum absolute atomic E-state index is 0.133. The molecule has 1 saturated carbocycles. The lowest BCUT2D eigenvalue weighted by molar-refractivity contribution is 0.101. The first-order valence-electron chi connectivity index (χ1n) is 10.0. The van der Waals surface area contributed by atoms with Crippen molar-refractivity contribution in [2.75, 3.05) is 13.1 Å². The Kier molecular flexibility index (Phi) is 4.96. The molecular formula is C22H27N3O3. The summed E-state index contributed by atoms with van der Waals surface area (Å²) in [7, 11) is 0. The lowest BCUT2D eigenvalue weighted by Gasteiger charge is -2.20. The summed E-state index contributed by atoms with van der Waals surface area (Å²) in [6.07, 6.45) is 3.72. The number of fused-ring (bicyclic) bond motifs is 1. The van der Waals surface area contributed by atoms with E-state index in [0.29, 0.717) is 23.4 Å². The van der Waals surface area contributed by atoms with E-state index in [9.17, 15) is 9.59 Å². The number of ketones is 1. The highest BCUT2D eigenvalue weighted by atomic mass is 16.5. The van der Waals surface area contributed by atoms with Gasteiger partial charge < -0.3 is 9.64 Å². The third-order valence-electron chi connectivity index (χ3n) is 5.95. The van der Waals surface area contributed by atoms with Crippen LogP contribution in [0.4, 0.5) is 4.79 Å². The van der Waals surface area contributed by atoms with Gasteiger partial charge in [-0.25, -0.2) is 4.79 Å². The summed E-state index contributed by atoms with van der Waals surface area (Å²) < 4.78 is 7.53. The first-order chi connectivity index (χ1) is 13.4. The number of nitrogens with zero attached hydrogens (tertiary/aromatic N) is 3. The molecule has 4 rings (SSSR count). The molecule has 28 heavy (non-hydrogen) atoms. The second-order valence-electron chi connectivity index (χ2n) is 8.35. The Balaban J connectivity index is 1.35. The second kappa shape index (κ2) is 7.41. The first-order valence-corrected chi connectivity index (χ1v) is 10.0. The van der Waals surface area contributed by atoms with Gasteiger partial charge in [-0.1, -0.05) is 26.0 Å². The fourth-order valence-corrected chi connectivity index (χ4v) is 4.40. The monoisotopic (exact) mass is 381 g/mol. The number of Topliss-reactive ketones (excluding diaryl/α,β-unsaturated/α-hetero) is 1. The van der Waals surface area contributed by atoms with Gasteiger partial charge in [0.05, 0.1) is 6.10 Å². The number of benzene rings is 1. The smallest absolute Gasteiger partial charge is 0.344 e. The molecule has 0 radical (unpaired) electrons. The highest BCUT2D eigenvalue weighted by Crippen LogP contribution is 2.40. The van der Waals surface area contributed by atoms with E-state index >= 15 is 0 Å². The fraction of sp³-hybridized carbons (Fsp3) is 0.500. The summed E-state index contributed by atoms with van der Waals surface area (Å²) in [5.74, 6) is 2.22. The quantitative estimate of drug-likeness (QED) is 0.752. The van der Waals surface area contributed by atoms with Crippen molar-refractivity contribution in [3.05, 3.63) is 47.8 Å². The van der Waals surface area contributed by atoms with Crippen LogP contribution in [0, 0.1) is 11.8 Å². The molecule has 1 aliphatic carbocycles. The van der Waals surface area contributed by atoms with E-state index < -0.39 is 0 Å². The lowest BCUT2D eigenvalue weighted by Crippen LogP contribution is -2.34. The SMILES string of the molecule is CC(=O)c1ccn(C(=O)N2C[C@H]3CC(Oc4cccc(C(C)C)c4)C[C@H]3C2)n1. The number of likely N-dealkylation sites (tertiary alicyclic amines) is 1. The number of amides is 1. The maximum Gasteiger partial charge on any atom is 0.344 e. The minimum Gasteiger partial charge on any atom is -0.490 e. The van der Waals surface area contributed by atoms with E-state index in [2.05, 4.69) is 37.1 Å². The summed E-state index contributed by atoms with van der Waals surface area (Å²) >= 11 is 0. The summed E-state index contributed by atoms with van der Waals surface area (Å²) in [6.45, 7) is 7.27. The summed E-state index contributed by atoms with van der Waals surface area (Å²) in [5, 5.41) is 4.09. The highest BCUT2D eigenvalue weighted by Gasteiger charge is 2.43. The molecule has 1 amide bonds. The van der Waals surface area contributed by atoms with Crippen LogP contribution in [0.2, 0.25) is 0 Å². The Bertz CT molecular complexity index is 875. The van der Waals surface area contributed by atoms with Gasteiger partial charge in [-0.05, 0) is 54.4 Å². The summed E-state index contributed by atoms with van der Waals surface area (Å²) in [5.41, 5.74) is 1.61. The molecule has 2 aromatic rings. The third-order valence-corrected chi connectivity index (χ3v) is 5.95. The van der Waals surface area contributed by atoms with Gasteiger partial charge in [0, 0.05) is 26.2 Å². The number of rotatable bonds is 4. The van der Waals surface area contributed by atoms with Crippen molar-refractivity contribution in [3.63, 3.8) is 0 Å². The van der Waals surface area contributed by atoms with Crippen LogP contribution in [-0.4, -0.2) is 45.7 Å². The molecule has 0 bridgehead atoms. The zero-order chi connectivity index (χ0) is 19.8. The Morgan fingerprint density at radius 2 is 1.86 bits per heavy atom. The highest BCUT2D eigenvalue weighted by molar-refractivity contribution is 5.92. The Morgan fingerprint density at radius 1 is 1.14 bits per heavy atom. The molecule has 6 heteroatoms. The van der Waals surface area contributed by atoms with Gasteiger partial charge in [-0.15, -0.1) is 0 Å². The summed E-state index contributed by atoms with van der Waals surface area (Å²) in [4.78, 5) is 25.9. The van der Waals surface area contributed by atoms with Crippen LogP contribution in [0.3, 0.4) is 0 Å².